The van der Waals surface area contributed by atoms with E-state index >= 15 is 0 Å². The largest absolute Gasteiger partial charge is 0.384 e. The van der Waals surface area contributed by atoms with Gasteiger partial charge in [0.05, 0.1) is 10.6 Å². The SMILES string of the molecule is Cc1ccc(S(=O)(=O)ON(C)C)cc1.Cl.Nc1ccc(/N=N/c2ccccc2)c(N)n1. The van der Waals surface area contributed by atoms with E-state index in [1.54, 1.807) is 24.3 Å². The van der Waals surface area contributed by atoms with Gasteiger partial charge in [-0.3, -0.25) is 0 Å². The number of benzene rings is 2. The number of nitrogen functional groups attached to an aromatic ring is 2. The Balaban J connectivity index is 0.000000303. The van der Waals surface area contributed by atoms with Gasteiger partial charge in [0, 0.05) is 14.1 Å². The lowest BCUT2D eigenvalue weighted by atomic mass is 10.2. The molecule has 0 unspecified atom stereocenters. The number of hydrogen-bond donors (Lipinski definition) is 2. The number of azo groups is 1. The molecule has 0 aliphatic rings. The Bertz CT molecular complexity index is 1090. The van der Waals surface area contributed by atoms with Crippen molar-refractivity contribution in [3.05, 3.63) is 72.3 Å². The standard InChI is InChI=1S/C11H11N5.C9H13NO3S.ClH/c12-10-7-6-9(11(13)14-10)16-15-8-4-2-1-3-5-8;1-8-4-6-9(7-5-8)14(11,12)13-10(2)3;/h1-7H,(H4,12,13,14);4-7H,1-3H3;1H/b16-15+;;. The molecule has 0 fully saturated rings. The Morgan fingerprint density at radius 2 is 1.52 bits per heavy atom. The van der Waals surface area contributed by atoms with Crippen LogP contribution in [0.3, 0.4) is 0 Å². The number of rotatable bonds is 5. The van der Waals surface area contributed by atoms with Crippen LogP contribution in [0, 0.1) is 6.92 Å². The van der Waals surface area contributed by atoms with Crippen LogP contribution in [0.15, 0.2) is 81.9 Å². The van der Waals surface area contributed by atoms with Gasteiger partial charge in [-0.25, -0.2) is 4.98 Å². The molecule has 166 valence electrons. The van der Waals surface area contributed by atoms with Gasteiger partial charge in [0.2, 0.25) is 0 Å². The minimum Gasteiger partial charge on any atom is -0.384 e. The molecule has 0 spiro atoms. The molecule has 11 heteroatoms. The summed E-state index contributed by atoms with van der Waals surface area (Å²) in [5.41, 5.74) is 13.4. The van der Waals surface area contributed by atoms with Gasteiger partial charge in [-0.1, -0.05) is 35.9 Å². The molecule has 0 saturated heterocycles. The van der Waals surface area contributed by atoms with E-state index in [0.717, 1.165) is 16.3 Å². The Kier molecular flexibility index (Phi) is 10.0. The molecule has 4 N–H and O–H groups in total. The molecule has 9 nitrogen and oxygen atoms in total. The molecule has 3 rings (SSSR count). The number of hydroxylamine groups is 2. The second-order valence-electron chi connectivity index (χ2n) is 6.33. The number of hydrogen-bond acceptors (Lipinski definition) is 9. The summed E-state index contributed by atoms with van der Waals surface area (Å²) < 4.78 is 27.6. The highest BCUT2D eigenvalue weighted by atomic mass is 35.5. The summed E-state index contributed by atoms with van der Waals surface area (Å²) >= 11 is 0. The summed E-state index contributed by atoms with van der Waals surface area (Å²) in [5, 5.41) is 9.18. The molecule has 1 heterocycles. The molecule has 0 saturated carbocycles. The lowest BCUT2D eigenvalue weighted by molar-refractivity contribution is 0.00514. The van der Waals surface area contributed by atoms with Crippen LogP contribution in [0.2, 0.25) is 0 Å². The molecule has 0 radical (unpaired) electrons. The summed E-state index contributed by atoms with van der Waals surface area (Å²) in [7, 11) is -0.611. The van der Waals surface area contributed by atoms with Crippen LogP contribution < -0.4 is 11.5 Å². The fourth-order valence-corrected chi connectivity index (χ4v) is 3.07. The summed E-state index contributed by atoms with van der Waals surface area (Å²) in [6.07, 6.45) is 0. The summed E-state index contributed by atoms with van der Waals surface area (Å²) in [5.74, 6) is 0.649. The van der Waals surface area contributed by atoms with Crippen molar-refractivity contribution in [1.29, 1.82) is 0 Å². The zero-order valence-corrected chi connectivity index (χ0v) is 19.0. The highest BCUT2D eigenvalue weighted by molar-refractivity contribution is 7.86. The van der Waals surface area contributed by atoms with Crippen molar-refractivity contribution in [3.8, 4) is 0 Å². The van der Waals surface area contributed by atoms with Gasteiger partial charge in [0.25, 0.3) is 0 Å². The molecule has 1 aromatic heterocycles. The summed E-state index contributed by atoms with van der Waals surface area (Å²) in [4.78, 5) is 4.05. The van der Waals surface area contributed by atoms with E-state index in [2.05, 4.69) is 19.5 Å². The maximum atomic E-state index is 11.5. The Morgan fingerprint density at radius 3 is 2.06 bits per heavy atom. The zero-order chi connectivity index (χ0) is 22.1. The van der Waals surface area contributed by atoms with Crippen molar-refractivity contribution in [1.82, 2.24) is 10.0 Å². The molecule has 31 heavy (non-hydrogen) atoms. The van der Waals surface area contributed by atoms with Crippen molar-refractivity contribution >= 4 is 45.5 Å². The summed E-state index contributed by atoms with van der Waals surface area (Å²) in [6.45, 7) is 1.89. The van der Waals surface area contributed by atoms with Gasteiger partial charge in [0.1, 0.15) is 11.5 Å². The molecule has 0 amide bonds. The van der Waals surface area contributed by atoms with E-state index in [1.165, 1.54) is 26.2 Å². The second kappa shape index (κ2) is 12.0. The van der Waals surface area contributed by atoms with Crippen LogP contribution in [0.1, 0.15) is 5.56 Å². The monoisotopic (exact) mass is 464 g/mol. The van der Waals surface area contributed by atoms with Crippen molar-refractivity contribution < 1.29 is 12.7 Å². The van der Waals surface area contributed by atoms with Crippen LogP contribution in [0.5, 0.6) is 0 Å². The van der Waals surface area contributed by atoms with Crippen LogP contribution in [-0.4, -0.2) is 32.6 Å². The van der Waals surface area contributed by atoms with E-state index in [-0.39, 0.29) is 23.1 Å². The van der Waals surface area contributed by atoms with Gasteiger partial charge >= 0.3 is 10.1 Å². The van der Waals surface area contributed by atoms with Crippen LogP contribution in [-0.2, 0) is 14.4 Å². The lowest BCUT2D eigenvalue weighted by Gasteiger charge is -2.10. The molecule has 0 aliphatic heterocycles. The van der Waals surface area contributed by atoms with Crippen molar-refractivity contribution in [2.45, 2.75) is 11.8 Å². The number of anilines is 2. The number of nitrogens with two attached hydrogens (primary N) is 2. The van der Waals surface area contributed by atoms with E-state index < -0.39 is 10.1 Å². The first-order valence-corrected chi connectivity index (χ1v) is 10.3. The smallest absolute Gasteiger partial charge is 0.313 e. The van der Waals surface area contributed by atoms with Gasteiger partial charge in [0.15, 0.2) is 5.82 Å². The van der Waals surface area contributed by atoms with Gasteiger partial charge in [-0.05, 0) is 43.3 Å². The number of aromatic nitrogens is 1. The van der Waals surface area contributed by atoms with E-state index in [4.69, 9.17) is 11.5 Å². The highest BCUT2D eigenvalue weighted by Gasteiger charge is 2.15. The van der Waals surface area contributed by atoms with E-state index in [0.29, 0.717) is 11.5 Å². The average Bonchev–Trinajstić information content (AvgIpc) is 2.68. The highest BCUT2D eigenvalue weighted by Crippen LogP contribution is 2.23. The third kappa shape index (κ3) is 8.69. The third-order valence-corrected chi connectivity index (χ3v) is 4.85. The normalized spacial score (nSPS) is 11.0. The molecule has 3 aromatic rings. The van der Waals surface area contributed by atoms with Crippen molar-refractivity contribution in [2.75, 3.05) is 25.6 Å². The molecule has 0 atom stereocenters. The molecule has 0 bridgehead atoms. The number of pyridine rings is 1. The first-order chi connectivity index (χ1) is 14.2. The zero-order valence-electron chi connectivity index (χ0n) is 17.3. The minimum absolute atomic E-state index is 0. The quantitative estimate of drug-likeness (QED) is 0.425. The predicted octanol–water partition coefficient (Wildman–Crippen LogP) is 4.26. The molecule has 0 aliphatic carbocycles. The maximum Gasteiger partial charge on any atom is 0.313 e. The first-order valence-electron chi connectivity index (χ1n) is 8.85. The average molecular weight is 465 g/mol. The molecular formula is C20H25ClN6O3S. The second-order valence-corrected chi connectivity index (χ2v) is 7.86. The summed E-state index contributed by atoms with van der Waals surface area (Å²) in [6, 6.07) is 19.2. The van der Waals surface area contributed by atoms with Crippen LogP contribution in [0.4, 0.5) is 23.0 Å². The number of aryl methyl sites for hydroxylation is 1. The first kappa shape index (κ1) is 26.0. The van der Waals surface area contributed by atoms with Crippen LogP contribution >= 0.6 is 12.4 Å². The van der Waals surface area contributed by atoms with E-state index in [9.17, 15) is 8.42 Å². The maximum absolute atomic E-state index is 11.5. The van der Waals surface area contributed by atoms with Gasteiger partial charge in [-0.2, -0.15) is 22.9 Å². The Labute approximate surface area is 188 Å². The number of nitrogens with zero attached hydrogens (tertiary/aromatic N) is 4. The Hall–Kier alpha value is -3.05. The fraction of sp³-hybridized carbons (Fsp3) is 0.150. The fourth-order valence-electron chi connectivity index (χ4n) is 2.12. The lowest BCUT2D eigenvalue weighted by Crippen LogP contribution is -2.18. The predicted molar refractivity (Wildman–Crippen MR) is 124 cm³/mol. The van der Waals surface area contributed by atoms with Gasteiger partial charge < -0.3 is 11.5 Å². The Morgan fingerprint density at radius 1 is 0.903 bits per heavy atom. The third-order valence-electron chi connectivity index (χ3n) is 3.51. The molecular weight excluding hydrogens is 440 g/mol. The van der Waals surface area contributed by atoms with E-state index in [1.807, 2.05) is 37.3 Å². The minimum atomic E-state index is -3.65. The van der Waals surface area contributed by atoms with Crippen molar-refractivity contribution in [2.24, 2.45) is 10.2 Å². The van der Waals surface area contributed by atoms with Crippen molar-refractivity contribution in [3.63, 3.8) is 0 Å². The number of halogens is 1. The molecule has 2 aromatic carbocycles. The van der Waals surface area contributed by atoms with Gasteiger partial charge in [-0.15, -0.1) is 17.5 Å². The van der Waals surface area contributed by atoms with Crippen LogP contribution in [0.25, 0.3) is 0 Å². The topological polar surface area (TPSA) is 136 Å².